The van der Waals surface area contributed by atoms with Crippen LogP contribution in [0.1, 0.15) is 107 Å². The van der Waals surface area contributed by atoms with Gasteiger partial charge in [0.15, 0.2) is 5.78 Å². The third-order valence-electron chi connectivity index (χ3n) is 6.70. The molecular weight excluding hydrogens is 798 g/mol. The molecule has 4 N–H and O–H groups in total. The van der Waals surface area contributed by atoms with Crippen LogP contribution in [0.25, 0.3) is 0 Å². The minimum absolute atomic E-state index is 0. The van der Waals surface area contributed by atoms with Crippen LogP contribution >= 0.6 is 45.8 Å². The fourth-order valence-electron chi connectivity index (χ4n) is 4.36. The summed E-state index contributed by atoms with van der Waals surface area (Å²) < 4.78 is 5.44. The van der Waals surface area contributed by atoms with Gasteiger partial charge in [0.1, 0.15) is 6.04 Å². The lowest BCUT2D eigenvalue weighted by atomic mass is 10.0. The normalized spacial score (nSPS) is 11.0. The van der Waals surface area contributed by atoms with Crippen LogP contribution in [0.15, 0.2) is 48.5 Å². The summed E-state index contributed by atoms with van der Waals surface area (Å²) in [5.74, 6) is -1.90. The smallest absolute Gasteiger partial charge is 0.328 e. The van der Waals surface area contributed by atoms with Crippen LogP contribution in [-0.2, 0) is 23.9 Å². The number of carbonyl (C=O) groups excluding carboxylic acids is 6. The number of anilines is 2. The van der Waals surface area contributed by atoms with Gasteiger partial charge in [-0.1, -0.05) is 94.5 Å². The second kappa shape index (κ2) is 29.5. The van der Waals surface area contributed by atoms with Gasteiger partial charge in [0, 0.05) is 36.3 Å². The summed E-state index contributed by atoms with van der Waals surface area (Å²) in [6, 6.07) is 11.9. The number of unbranched alkanes of at least 4 members (excludes halogenated alkanes) is 4. The van der Waals surface area contributed by atoms with Crippen LogP contribution < -0.4 is 21.3 Å². The first-order valence-corrected chi connectivity index (χ1v) is 18.6. The van der Waals surface area contributed by atoms with E-state index in [4.69, 9.17) is 27.9 Å². The molecule has 0 aromatic heterocycles. The first-order valence-electron chi connectivity index (χ1n) is 16.0. The number of hydrogen-bond acceptors (Lipinski definition) is 7. The number of ketones is 1. The monoisotopic (exact) mass is 850 g/mol. The maximum atomic E-state index is 12.3. The zero-order chi connectivity index (χ0) is 37.2. The SMILES string of the molecule is C.CCCCC[C@H](NC(=O)c1cccc(NC(C)=O)c1)C(=O)CCl.CCCCC[C@H](NC(=O)c1cccc(NC(C)=O)c1)C(=O)OC.ClCI. The average molecular weight is 852 g/mol. The Morgan fingerprint density at radius 3 is 1.48 bits per heavy atom. The van der Waals surface area contributed by atoms with Gasteiger partial charge in [-0.25, -0.2) is 4.79 Å². The van der Waals surface area contributed by atoms with Gasteiger partial charge in [-0.3, -0.25) is 24.0 Å². The lowest BCUT2D eigenvalue weighted by molar-refractivity contribution is -0.143. The summed E-state index contributed by atoms with van der Waals surface area (Å²) in [5.41, 5.74) is 1.84. The molecule has 0 saturated carbocycles. The van der Waals surface area contributed by atoms with Gasteiger partial charge in [-0.15, -0.1) is 23.2 Å². The molecule has 0 fully saturated rings. The van der Waals surface area contributed by atoms with Crippen molar-refractivity contribution in [1.29, 1.82) is 0 Å². The van der Waals surface area contributed by atoms with Gasteiger partial charge in [0.25, 0.3) is 11.8 Å². The number of nitrogens with one attached hydrogen (secondary N) is 4. The van der Waals surface area contributed by atoms with Crippen molar-refractivity contribution in [3.8, 4) is 0 Å². The number of rotatable bonds is 17. The van der Waals surface area contributed by atoms with Crippen molar-refractivity contribution in [2.75, 3.05) is 27.5 Å². The number of carbonyl (C=O) groups is 6. The molecule has 4 amide bonds. The highest BCUT2D eigenvalue weighted by atomic mass is 127. The van der Waals surface area contributed by atoms with E-state index >= 15 is 0 Å². The Morgan fingerprint density at radius 2 is 1.12 bits per heavy atom. The molecule has 280 valence electrons. The highest BCUT2D eigenvalue weighted by molar-refractivity contribution is 14.1. The predicted molar refractivity (Wildman–Crippen MR) is 211 cm³/mol. The predicted octanol–water partition coefficient (Wildman–Crippen LogP) is 7.88. The summed E-state index contributed by atoms with van der Waals surface area (Å²) in [7, 11) is 1.30. The van der Waals surface area contributed by atoms with Gasteiger partial charge in [0.2, 0.25) is 11.8 Å². The molecule has 0 aliphatic carbocycles. The number of benzene rings is 2. The Balaban J connectivity index is 0. The first-order chi connectivity index (χ1) is 23.4. The Hall–Kier alpha value is -3.23. The lowest BCUT2D eigenvalue weighted by Crippen LogP contribution is -2.41. The Labute approximate surface area is 320 Å². The Morgan fingerprint density at radius 1 is 0.720 bits per heavy atom. The van der Waals surface area contributed by atoms with E-state index in [1.54, 1.807) is 48.5 Å². The van der Waals surface area contributed by atoms with E-state index < -0.39 is 18.1 Å². The number of Topliss-reactive ketones (excluding diaryl/α,β-unsaturated/α-hetero) is 1. The van der Waals surface area contributed by atoms with Crippen LogP contribution in [0.2, 0.25) is 0 Å². The minimum atomic E-state index is -0.663. The fraction of sp³-hybridized carbons (Fsp3) is 0.500. The number of esters is 1. The quantitative estimate of drug-likeness (QED) is 0.0546. The zero-order valence-electron chi connectivity index (χ0n) is 28.8. The molecule has 0 radical (unpaired) electrons. The molecule has 0 heterocycles. The topological polar surface area (TPSA) is 160 Å². The van der Waals surface area contributed by atoms with Gasteiger partial charge in [-0.2, -0.15) is 0 Å². The average Bonchev–Trinajstić information content (AvgIpc) is 3.07. The molecule has 50 heavy (non-hydrogen) atoms. The Bertz CT molecular complexity index is 1250. The molecule has 2 aromatic carbocycles. The fourth-order valence-corrected chi connectivity index (χ4v) is 4.55. The van der Waals surface area contributed by atoms with Crippen molar-refractivity contribution in [3.63, 3.8) is 0 Å². The van der Waals surface area contributed by atoms with E-state index in [0.717, 1.165) is 38.5 Å². The second-order valence-electron chi connectivity index (χ2n) is 10.8. The zero-order valence-corrected chi connectivity index (χ0v) is 32.5. The highest BCUT2D eigenvalue weighted by Gasteiger charge is 2.22. The molecule has 2 aromatic rings. The van der Waals surface area contributed by atoms with E-state index in [1.807, 2.05) is 0 Å². The van der Waals surface area contributed by atoms with Crippen molar-refractivity contribution < 1.29 is 33.5 Å². The van der Waals surface area contributed by atoms with E-state index in [-0.39, 0.29) is 42.7 Å². The minimum Gasteiger partial charge on any atom is -0.467 e. The van der Waals surface area contributed by atoms with Crippen molar-refractivity contribution in [1.82, 2.24) is 10.6 Å². The third-order valence-corrected chi connectivity index (χ3v) is 6.96. The molecule has 2 atom stereocenters. The molecular formula is C36H53Cl2IN4O7. The molecule has 0 saturated heterocycles. The number of halogens is 3. The second-order valence-corrected chi connectivity index (χ2v) is 13.0. The van der Waals surface area contributed by atoms with Crippen molar-refractivity contribution in [2.45, 2.75) is 98.6 Å². The summed E-state index contributed by atoms with van der Waals surface area (Å²) in [4.78, 5) is 70.5. The van der Waals surface area contributed by atoms with Gasteiger partial charge in [0.05, 0.1) is 22.9 Å². The van der Waals surface area contributed by atoms with Crippen LogP contribution in [0.4, 0.5) is 11.4 Å². The molecule has 2 rings (SSSR count). The first kappa shape index (κ1) is 48.9. The van der Waals surface area contributed by atoms with Gasteiger partial charge in [-0.05, 0) is 49.2 Å². The van der Waals surface area contributed by atoms with Crippen LogP contribution in [0.5, 0.6) is 0 Å². The molecule has 0 aliphatic rings. The molecule has 0 unspecified atom stereocenters. The van der Waals surface area contributed by atoms with Gasteiger partial charge >= 0.3 is 5.97 Å². The number of methoxy groups -OCH3 is 1. The molecule has 0 bridgehead atoms. The molecule has 11 nitrogen and oxygen atoms in total. The molecule has 14 heteroatoms. The summed E-state index contributed by atoms with van der Waals surface area (Å²) in [6.45, 7) is 6.94. The van der Waals surface area contributed by atoms with E-state index in [1.165, 1.54) is 21.0 Å². The van der Waals surface area contributed by atoms with Crippen LogP contribution in [-0.4, -0.2) is 64.3 Å². The summed E-state index contributed by atoms with van der Waals surface area (Å²) in [6.07, 6.45) is 6.86. The third kappa shape index (κ3) is 21.8. The number of amides is 4. The summed E-state index contributed by atoms with van der Waals surface area (Å²) >= 11 is 12.7. The maximum absolute atomic E-state index is 12.3. The number of hydrogen-bond donors (Lipinski definition) is 4. The van der Waals surface area contributed by atoms with Crippen LogP contribution in [0, 0.1) is 0 Å². The largest absolute Gasteiger partial charge is 0.467 e. The highest BCUT2D eigenvalue weighted by Crippen LogP contribution is 2.14. The number of ether oxygens (including phenoxy) is 1. The van der Waals surface area contributed by atoms with E-state index in [9.17, 15) is 28.8 Å². The van der Waals surface area contributed by atoms with Crippen molar-refractivity contribution in [3.05, 3.63) is 59.7 Å². The van der Waals surface area contributed by atoms with E-state index in [2.05, 4.69) is 57.7 Å². The lowest BCUT2D eigenvalue weighted by Gasteiger charge is -2.17. The van der Waals surface area contributed by atoms with E-state index in [0.29, 0.717) is 39.2 Å². The molecule has 0 aliphatic heterocycles. The maximum Gasteiger partial charge on any atom is 0.328 e. The number of alkyl halides is 3. The van der Waals surface area contributed by atoms with Crippen LogP contribution in [0.3, 0.4) is 0 Å². The van der Waals surface area contributed by atoms with Crippen molar-refractivity contribution in [2.24, 2.45) is 0 Å². The molecule has 0 spiro atoms. The Kier molecular flexibility index (Phi) is 28.8. The summed E-state index contributed by atoms with van der Waals surface area (Å²) in [5, 5.41) is 10.7. The van der Waals surface area contributed by atoms with Gasteiger partial charge < -0.3 is 26.0 Å². The standard InChI is InChI=1S/C17H23ClN2O3.C17H24N2O4.CH2ClI.CH4/c1-3-4-5-9-15(16(22)11-18)20-17(23)13-7-6-8-14(10-13)19-12(2)21;1-4-5-6-10-15(17(22)23-3)19-16(21)13-8-7-9-14(11-13)18-12(2)20;2-1-3;/h6-8,10,15H,3-5,9,11H2,1-2H3,(H,19,21)(H,20,23);7-9,11,15H,4-6,10H2,1-3H3,(H,18,20)(H,19,21);1H2;1H4/t2*15-;;/m00../s1. The van der Waals surface area contributed by atoms with Crippen molar-refractivity contribution >= 4 is 92.5 Å².